The van der Waals surface area contributed by atoms with Crippen molar-refractivity contribution in [1.29, 1.82) is 0 Å². The van der Waals surface area contributed by atoms with Crippen LogP contribution in [0.3, 0.4) is 0 Å². The van der Waals surface area contributed by atoms with E-state index in [1.54, 1.807) is 40.3 Å². The number of carbonyl (C=O) groups is 6. The highest BCUT2D eigenvalue weighted by Gasteiger charge is 2.28. The van der Waals surface area contributed by atoms with Crippen LogP contribution in [0.2, 0.25) is 0 Å². The van der Waals surface area contributed by atoms with Gasteiger partial charge in [0, 0.05) is 65.2 Å². The molecule has 0 bridgehead atoms. The topological polar surface area (TPSA) is 226 Å². The molecule has 64 heavy (non-hydrogen) atoms. The van der Waals surface area contributed by atoms with Gasteiger partial charge in [0.15, 0.2) is 0 Å². The minimum atomic E-state index is -0.586. The van der Waals surface area contributed by atoms with E-state index in [0.29, 0.717) is 62.2 Å². The van der Waals surface area contributed by atoms with E-state index in [-0.39, 0.29) is 63.1 Å². The van der Waals surface area contributed by atoms with E-state index in [1.165, 1.54) is 17.2 Å². The molecule has 4 rings (SSSR count). The van der Waals surface area contributed by atoms with E-state index >= 15 is 0 Å². The van der Waals surface area contributed by atoms with E-state index in [1.807, 2.05) is 39.8 Å². The zero-order chi connectivity index (χ0) is 48.2. The Morgan fingerprint density at radius 3 is 1.48 bits per heavy atom. The number of nitrogens with two attached hydrogens (primary N) is 1. The smallest absolute Gasteiger partial charge is 0.412 e. The zero-order valence-electron chi connectivity index (χ0n) is 40.3. The molecule has 2 aliphatic heterocycles. The third-order valence-electron chi connectivity index (χ3n) is 9.97. The largest absolute Gasteiger partial charge is 0.496 e. The van der Waals surface area contributed by atoms with Gasteiger partial charge in [-0.25, -0.2) is 9.59 Å². The molecule has 0 spiro atoms. The minimum Gasteiger partial charge on any atom is -0.496 e. The monoisotopic (exact) mass is 930 g/mol. The van der Waals surface area contributed by atoms with Crippen molar-refractivity contribution >= 4 is 48.3 Å². The van der Waals surface area contributed by atoms with E-state index < -0.39 is 37.7 Å². The lowest BCUT2D eigenvalue weighted by molar-refractivity contribution is -0.153. The van der Waals surface area contributed by atoms with Crippen molar-refractivity contribution < 1.29 is 59.9 Å². The van der Waals surface area contributed by atoms with Crippen LogP contribution in [0.15, 0.2) is 24.3 Å². The number of amides is 4. The molecule has 2 saturated heterocycles. The van der Waals surface area contributed by atoms with Crippen LogP contribution in [0.4, 0.5) is 9.59 Å². The molecule has 2 unspecified atom stereocenters. The molecular weight excluding hydrogens is 852 g/mol. The summed E-state index contributed by atoms with van der Waals surface area (Å²) in [6, 6.07) is 6.68. The molecule has 2 aliphatic rings. The Morgan fingerprint density at radius 2 is 1.12 bits per heavy atom. The Labute approximate surface area is 389 Å². The molecule has 18 nitrogen and oxygen atoms in total. The van der Waals surface area contributed by atoms with Crippen LogP contribution in [0.25, 0.3) is 0 Å². The predicted molar refractivity (Wildman–Crippen MR) is 248 cm³/mol. The van der Waals surface area contributed by atoms with Crippen molar-refractivity contribution in [3.05, 3.63) is 57.6 Å². The van der Waals surface area contributed by atoms with Crippen LogP contribution in [-0.4, -0.2) is 132 Å². The molecule has 0 radical (unpaired) electrons. The van der Waals surface area contributed by atoms with Crippen LogP contribution < -0.4 is 31.2 Å². The van der Waals surface area contributed by atoms with Gasteiger partial charge in [-0.1, -0.05) is 28.7 Å². The second-order valence-electron chi connectivity index (χ2n) is 14.2. The molecule has 4 amide bonds. The highest BCUT2D eigenvalue weighted by molar-refractivity contribution is 5.96. The maximum absolute atomic E-state index is 12.7. The van der Waals surface area contributed by atoms with Crippen molar-refractivity contribution in [2.75, 3.05) is 74.1 Å². The number of benzene rings is 2. The lowest BCUT2D eigenvalue weighted by Crippen LogP contribution is -2.49. The molecule has 2 aromatic carbocycles. The van der Waals surface area contributed by atoms with Gasteiger partial charge >= 0.3 is 24.1 Å². The number of carbonyl (C=O) groups excluding carboxylic acids is 6. The number of likely N-dealkylation sites (tertiary alicyclic amines) is 2. The average Bonchev–Trinajstić information content (AvgIpc) is 3.28. The normalized spacial score (nSPS) is 15.2. The third-order valence-corrected chi connectivity index (χ3v) is 9.97. The average molecular weight is 931 g/mol. The number of aryl methyl sites for hydroxylation is 2. The maximum Gasteiger partial charge on any atom is 0.412 e. The maximum atomic E-state index is 12.7. The SMILES string of the molecule is C.CNCCC(=O)OCOC(=O)N1CCCC(NC(=O)c2cc(C)c(C)c(OC)c2)C1.COc1cc(C(=O)NC2CCCN(C(=O)OCOC(=O)CCN)C2)cc(C)c1C.Cl.[2H]CC.[3H]C. The predicted octanol–water partition coefficient (Wildman–Crippen LogP) is 5.97. The first-order valence-electron chi connectivity index (χ1n) is 22.0. The van der Waals surface area contributed by atoms with Crippen molar-refractivity contribution in [2.24, 2.45) is 5.73 Å². The van der Waals surface area contributed by atoms with Crippen LogP contribution in [-0.2, 0) is 28.5 Å². The number of halogens is 1. The summed E-state index contributed by atoms with van der Waals surface area (Å²) in [7, 11) is 6.13. The number of rotatable bonds is 15. The fourth-order valence-electron chi connectivity index (χ4n) is 6.36. The number of nitrogens with one attached hydrogen (secondary N) is 3. The van der Waals surface area contributed by atoms with Gasteiger partial charge < -0.3 is 59.9 Å². The van der Waals surface area contributed by atoms with E-state index in [2.05, 4.69) is 16.0 Å². The first-order valence-corrected chi connectivity index (χ1v) is 20.3. The summed E-state index contributed by atoms with van der Waals surface area (Å²) < 4.78 is 42.3. The number of hydrogen-bond acceptors (Lipinski definition) is 14. The summed E-state index contributed by atoms with van der Waals surface area (Å²) in [6.45, 7) is 11.5. The van der Waals surface area contributed by atoms with Crippen molar-refractivity contribution in [3.63, 3.8) is 0 Å². The Balaban J connectivity index is 0. The lowest BCUT2D eigenvalue weighted by Gasteiger charge is -2.32. The van der Waals surface area contributed by atoms with Gasteiger partial charge in [-0.3, -0.25) is 19.2 Å². The first-order chi connectivity index (χ1) is 30.6. The van der Waals surface area contributed by atoms with Gasteiger partial charge in [0.2, 0.25) is 13.6 Å². The van der Waals surface area contributed by atoms with Crippen LogP contribution in [0, 0.1) is 27.7 Å². The second kappa shape index (κ2) is 32.3. The molecule has 2 fully saturated rings. The van der Waals surface area contributed by atoms with Gasteiger partial charge in [-0.2, -0.15) is 0 Å². The molecule has 5 N–H and O–H groups in total. The highest BCUT2D eigenvalue weighted by atomic mass is 35.5. The summed E-state index contributed by atoms with van der Waals surface area (Å²) in [5.74, 6) is -0.0680. The minimum absolute atomic E-state index is 0. The summed E-state index contributed by atoms with van der Waals surface area (Å²) >= 11 is 0. The van der Waals surface area contributed by atoms with Crippen molar-refractivity contribution in [1.82, 2.24) is 25.8 Å². The number of ether oxygens (including phenoxy) is 6. The first kappa shape index (κ1) is 56.7. The van der Waals surface area contributed by atoms with Gasteiger partial charge in [-0.15, -0.1) is 12.4 Å². The zero-order valence-corrected chi connectivity index (χ0v) is 39.2. The molecule has 19 heteroatoms. The summed E-state index contributed by atoms with van der Waals surface area (Å²) in [5.41, 5.74) is 10.2. The van der Waals surface area contributed by atoms with Crippen molar-refractivity contribution in [3.8, 4) is 11.5 Å². The van der Waals surface area contributed by atoms with Crippen LogP contribution >= 0.6 is 12.4 Å². The quantitative estimate of drug-likeness (QED) is 0.119. The Kier molecular flexibility index (Phi) is 28.6. The Bertz CT molecular complexity index is 1810. The fraction of sp³-hybridized carbons (Fsp3) is 0.600. The van der Waals surface area contributed by atoms with Gasteiger partial charge in [0.1, 0.15) is 11.5 Å². The molecule has 2 heterocycles. The third kappa shape index (κ3) is 20.0. The van der Waals surface area contributed by atoms with Gasteiger partial charge in [-0.05, 0) is 107 Å². The summed E-state index contributed by atoms with van der Waals surface area (Å²) in [4.78, 5) is 75.4. The van der Waals surface area contributed by atoms with E-state index in [0.717, 1.165) is 47.9 Å². The number of piperidine rings is 2. The fourth-order valence-corrected chi connectivity index (χ4v) is 6.36. The van der Waals surface area contributed by atoms with Crippen molar-refractivity contribution in [2.45, 2.75) is 107 Å². The Morgan fingerprint density at radius 1 is 0.734 bits per heavy atom. The summed E-state index contributed by atoms with van der Waals surface area (Å²) in [6.07, 6.45) is 2.09. The lowest BCUT2D eigenvalue weighted by atomic mass is 10.0. The molecule has 0 saturated carbocycles. The van der Waals surface area contributed by atoms with Gasteiger partial charge in [0.05, 0.1) is 27.1 Å². The van der Waals surface area contributed by atoms with E-state index in [9.17, 15) is 28.8 Å². The van der Waals surface area contributed by atoms with Crippen LogP contribution in [0.1, 0.15) is 113 Å². The number of methoxy groups -OCH3 is 2. The highest BCUT2D eigenvalue weighted by Crippen LogP contribution is 2.25. The molecular formula is C45H75ClN6O12. The van der Waals surface area contributed by atoms with Gasteiger partial charge in [0.25, 0.3) is 11.8 Å². The second-order valence-corrected chi connectivity index (χ2v) is 14.2. The number of hydrogen-bond donors (Lipinski definition) is 4. The molecule has 0 aromatic heterocycles. The Hall–Kier alpha value is -5.33. The molecule has 0 aliphatic carbocycles. The van der Waals surface area contributed by atoms with Crippen LogP contribution in [0.5, 0.6) is 11.5 Å². The molecule has 364 valence electrons. The van der Waals surface area contributed by atoms with E-state index in [4.69, 9.17) is 36.9 Å². The molecule has 2 atom stereocenters. The number of esters is 2. The number of nitrogens with zero attached hydrogens (tertiary/aromatic N) is 2. The molecule has 2 aromatic rings. The summed E-state index contributed by atoms with van der Waals surface area (Å²) in [5, 5.41) is 8.78. The standard InChI is InChI=1S/C21H31N3O6.C20H29N3O6.C2H6.2CH4.ClH/c1-14-10-16(11-18(28-4)15(14)2)20(26)23-17-6-5-9-24(12-17)21(27)30-13-29-19(25)7-8-22-3;1-13-9-15(10-17(27-3)14(13)2)19(25)22-16-5-4-8-23(11-16)20(26)29-12-28-18(24)6-7-21;1-2;;;/h10-11,17,22H,5-9,12-13H2,1-4H3,(H,23,26);9-10,16H,4-8,11-12,21H2,1-3H3,(H,22,25);1-2H3;2*1H4;1H/i;;1D;1T;;.